The number of rotatable bonds is 8. The van der Waals surface area contributed by atoms with E-state index in [1.54, 1.807) is 0 Å². The minimum Gasteiger partial charge on any atom is -0.381 e. The molecule has 0 aromatic heterocycles. The smallest absolute Gasteiger partial charge is 0.0494 e. The summed E-state index contributed by atoms with van der Waals surface area (Å²) in [6.45, 7) is 6.38. The minimum absolute atomic E-state index is 0.403. The van der Waals surface area contributed by atoms with Gasteiger partial charge in [0.2, 0.25) is 0 Å². The van der Waals surface area contributed by atoms with Gasteiger partial charge < -0.3 is 10.5 Å². The van der Waals surface area contributed by atoms with Gasteiger partial charge in [-0.2, -0.15) is 0 Å². The molecule has 3 atom stereocenters. The van der Waals surface area contributed by atoms with Gasteiger partial charge in [0.05, 0.1) is 0 Å². The highest BCUT2D eigenvalue weighted by Gasteiger charge is 2.26. The van der Waals surface area contributed by atoms with Crippen LogP contribution < -0.4 is 5.73 Å². The van der Waals surface area contributed by atoms with Crippen LogP contribution in [0.4, 0.5) is 0 Å². The summed E-state index contributed by atoms with van der Waals surface area (Å²) in [5.41, 5.74) is 6.32. The van der Waals surface area contributed by atoms with Gasteiger partial charge in [0, 0.05) is 19.3 Å². The van der Waals surface area contributed by atoms with Gasteiger partial charge in [-0.1, -0.05) is 52.4 Å². The van der Waals surface area contributed by atoms with Crippen molar-refractivity contribution < 1.29 is 4.74 Å². The summed E-state index contributed by atoms with van der Waals surface area (Å²) in [6, 6.07) is 0.403. The molecule has 0 saturated carbocycles. The molecular formula is C15H31NO. The molecule has 0 amide bonds. The Bertz CT molecular complexity index is 184. The molecule has 1 aliphatic rings. The summed E-state index contributed by atoms with van der Waals surface area (Å²) in [5, 5.41) is 0. The SMILES string of the molecule is CCCCCCCCC(N)C1CCOCC1C. The first kappa shape index (κ1) is 15.0. The molecule has 3 unspecified atom stereocenters. The number of hydrogen-bond acceptors (Lipinski definition) is 2. The Morgan fingerprint density at radius 3 is 2.59 bits per heavy atom. The van der Waals surface area contributed by atoms with Crippen molar-refractivity contribution in [3.63, 3.8) is 0 Å². The molecule has 0 aliphatic carbocycles. The van der Waals surface area contributed by atoms with E-state index in [4.69, 9.17) is 10.5 Å². The van der Waals surface area contributed by atoms with Crippen molar-refractivity contribution >= 4 is 0 Å². The van der Waals surface area contributed by atoms with E-state index in [2.05, 4.69) is 13.8 Å². The zero-order valence-corrected chi connectivity index (χ0v) is 11.8. The maximum absolute atomic E-state index is 6.32. The minimum atomic E-state index is 0.403. The highest BCUT2D eigenvalue weighted by atomic mass is 16.5. The fourth-order valence-electron chi connectivity index (χ4n) is 2.91. The van der Waals surface area contributed by atoms with Crippen LogP contribution in [0.2, 0.25) is 0 Å². The molecule has 0 aromatic rings. The van der Waals surface area contributed by atoms with Gasteiger partial charge >= 0.3 is 0 Å². The maximum atomic E-state index is 6.32. The standard InChI is InChI=1S/C15H31NO/c1-3-4-5-6-7-8-9-15(16)14-10-11-17-12-13(14)2/h13-15H,3-12,16H2,1-2H3. The lowest BCUT2D eigenvalue weighted by Crippen LogP contribution is -2.39. The summed E-state index contributed by atoms with van der Waals surface area (Å²) in [7, 11) is 0. The Morgan fingerprint density at radius 2 is 1.88 bits per heavy atom. The van der Waals surface area contributed by atoms with Crippen LogP contribution in [-0.4, -0.2) is 19.3 Å². The van der Waals surface area contributed by atoms with Gasteiger partial charge in [0.1, 0.15) is 0 Å². The van der Waals surface area contributed by atoms with E-state index in [-0.39, 0.29) is 0 Å². The normalized spacial score (nSPS) is 27.0. The molecule has 17 heavy (non-hydrogen) atoms. The molecule has 0 aromatic carbocycles. The lowest BCUT2D eigenvalue weighted by Gasteiger charge is -2.33. The first-order valence-corrected chi connectivity index (χ1v) is 7.59. The molecule has 0 bridgehead atoms. The van der Waals surface area contributed by atoms with Crippen LogP contribution in [0.3, 0.4) is 0 Å². The van der Waals surface area contributed by atoms with Crippen molar-refractivity contribution in [3.05, 3.63) is 0 Å². The highest BCUT2D eigenvalue weighted by molar-refractivity contribution is 4.79. The number of unbranched alkanes of at least 4 members (excludes halogenated alkanes) is 5. The van der Waals surface area contributed by atoms with Gasteiger partial charge in [-0.25, -0.2) is 0 Å². The molecule has 2 heteroatoms. The summed E-state index contributed by atoms with van der Waals surface area (Å²) < 4.78 is 5.48. The second kappa shape index (κ2) is 8.93. The third-order valence-electron chi connectivity index (χ3n) is 4.15. The third kappa shape index (κ3) is 5.87. The Morgan fingerprint density at radius 1 is 1.18 bits per heavy atom. The monoisotopic (exact) mass is 241 g/mol. The molecule has 1 aliphatic heterocycles. The fourth-order valence-corrected chi connectivity index (χ4v) is 2.91. The summed E-state index contributed by atoms with van der Waals surface area (Å²) in [4.78, 5) is 0. The summed E-state index contributed by atoms with van der Waals surface area (Å²) in [6.07, 6.45) is 10.6. The number of hydrogen-bond donors (Lipinski definition) is 1. The Kier molecular flexibility index (Phi) is 7.87. The average molecular weight is 241 g/mol. The zero-order valence-electron chi connectivity index (χ0n) is 11.8. The van der Waals surface area contributed by atoms with E-state index < -0.39 is 0 Å². The van der Waals surface area contributed by atoms with Gasteiger partial charge in [-0.05, 0) is 24.7 Å². The van der Waals surface area contributed by atoms with E-state index in [0.29, 0.717) is 17.9 Å². The van der Waals surface area contributed by atoms with Crippen LogP contribution in [-0.2, 0) is 4.74 Å². The van der Waals surface area contributed by atoms with Crippen LogP contribution in [0, 0.1) is 11.8 Å². The van der Waals surface area contributed by atoms with Crippen LogP contribution in [0.25, 0.3) is 0 Å². The lowest BCUT2D eigenvalue weighted by molar-refractivity contribution is 0.0145. The molecule has 1 fully saturated rings. The van der Waals surface area contributed by atoms with Crippen LogP contribution in [0.15, 0.2) is 0 Å². The van der Waals surface area contributed by atoms with Crippen molar-refractivity contribution in [2.75, 3.05) is 13.2 Å². The van der Waals surface area contributed by atoms with Gasteiger partial charge in [-0.3, -0.25) is 0 Å². The zero-order chi connectivity index (χ0) is 12.5. The highest BCUT2D eigenvalue weighted by Crippen LogP contribution is 2.26. The third-order valence-corrected chi connectivity index (χ3v) is 4.15. The number of nitrogens with two attached hydrogens (primary N) is 1. The van der Waals surface area contributed by atoms with Crippen LogP contribution in [0.1, 0.15) is 65.2 Å². The average Bonchev–Trinajstić information content (AvgIpc) is 2.34. The predicted octanol–water partition coefficient (Wildman–Crippen LogP) is 3.74. The molecular weight excluding hydrogens is 210 g/mol. The second-order valence-corrected chi connectivity index (χ2v) is 5.73. The van der Waals surface area contributed by atoms with Crippen molar-refractivity contribution in [3.8, 4) is 0 Å². The maximum Gasteiger partial charge on any atom is 0.0494 e. The quantitative estimate of drug-likeness (QED) is 0.657. The van der Waals surface area contributed by atoms with E-state index >= 15 is 0 Å². The van der Waals surface area contributed by atoms with Crippen molar-refractivity contribution in [2.24, 2.45) is 17.6 Å². The van der Waals surface area contributed by atoms with E-state index in [1.165, 1.54) is 44.9 Å². The predicted molar refractivity (Wildman–Crippen MR) is 74.1 cm³/mol. The topological polar surface area (TPSA) is 35.2 Å². The fraction of sp³-hybridized carbons (Fsp3) is 1.00. The molecule has 1 saturated heterocycles. The molecule has 1 heterocycles. The molecule has 1 rings (SSSR count). The Labute approximate surface area is 107 Å². The van der Waals surface area contributed by atoms with Crippen LogP contribution in [0.5, 0.6) is 0 Å². The largest absolute Gasteiger partial charge is 0.381 e. The van der Waals surface area contributed by atoms with Crippen molar-refractivity contribution in [1.82, 2.24) is 0 Å². The molecule has 2 N–H and O–H groups in total. The summed E-state index contributed by atoms with van der Waals surface area (Å²) >= 11 is 0. The van der Waals surface area contributed by atoms with Crippen LogP contribution >= 0.6 is 0 Å². The lowest BCUT2D eigenvalue weighted by atomic mass is 9.82. The Hall–Kier alpha value is -0.0800. The van der Waals surface area contributed by atoms with E-state index in [9.17, 15) is 0 Å². The van der Waals surface area contributed by atoms with Gasteiger partial charge in [0.15, 0.2) is 0 Å². The van der Waals surface area contributed by atoms with E-state index in [0.717, 1.165) is 19.6 Å². The van der Waals surface area contributed by atoms with Crippen molar-refractivity contribution in [2.45, 2.75) is 71.3 Å². The molecule has 102 valence electrons. The first-order chi connectivity index (χ1) is 8.25. The van der Waals surface area contributed by atoms with E-state index in [1.807, 2.05) is 0 Å². The van der Waals surface area contributed by atoms with Crippen molar-refractivity contribution in [1.29, 1.82) is 0 Å². The number of ether oxygens (including phenoxy) is 1. The molecule has 0 radical (unpaired) electrons. The molecule has 0 spiro atoms. The van der Waals surface area contributed by atoms with Gasteiger partial charge in [0.25, 0.3) is 0 Å². The van der Waals surface area contributed by atoms with Gasteiger partial charge in [-0.15, -0.1) is 0 Å². The first-order valence-electron chi connectivity index (χ1n) is 7.59. The second-order valence-electron chi connectivity index (χ2n) is 5.73. The Balaban J connectivity index is 2.05. The summed E-state index contributed by atoms with van der Waals surface area (Å²) in [5.74, 6) is 1.35. The molecule has 2 nitrogen and oxygen atoms in total.